The van der Waals surface area contributed by atoms with Crippen molar-refractivity contribution in [2.75, 3.05) is 33.2 Å². The number of hydrogen-bond donors (Lipinski definition) is 2. The number of sulfonamides is 1. The first kappa shape index (κ1) is 24.2. The minimum atomic E-state index is -3.36. The molecule has 1 saturated heterocycles. The highest BCUT2D eigenvalue weighted by Crippen LogP contribution is 2.23. The molecule has 1 aliphatic rings. The third-order valence-electron chi connectivity index (χ3n) is 4.81. The highest BCUT2D eigenvalue weighted by molar-refractivity contribution is 14.0. The lowest BCUT2D eigenvalue weighted by molar-refractivity contribution is 0.273. The predicted molar refractivity (Wildman–Crippen MR) is 122 cm³/mol. The summed E-state index contributed by atoms with van der Waals surface area (Å²) in [4.78, 5) is 4.63. The number of benzene rings is 1. The molecule has 2 N–H and O–H groups in total. The molecule has 1 fully saturated rings. The van der Waals surface area contributed by atoms with Crippen LogP contribution in [0.2, 0.25) is 0 Å². The lowest BCUT2D eigenvalue weighted by Crippen LogP contribution is -2.44. The topological polar surface area (TPSA) is 73.8 Å². The average Bonchev–Trinajstić information content (AvgIpc) is 2.68. The summed E-state index contributed by atoms with van der Waals surface area (Å²) in [6.07, 6.45) is 5.31. The van der Waals surface area contributed by atoms with Crippen LogP contribution < -0.4 is 10.6 Å². The molecule has 1 aromatic rings. The molecular formula is C19H33IN4O2S. The number of nitrogens with one attached hydrogen (secondary N) is 2. The van der Waals surface area contributed by atoms with Crippen molar-refractivity contribution in [3.63, 3.8) is 0 Å². The Morgan fingerprint density at radius 1 is 1.15 bits per heavy atom. The van der Waals surface area contributed by atoms with Crippen LogP contribution in [0.25, 0.3) is 0 Å². The van der Waals surface area contributed by atoms with E-state index in [1.54, 1.807) is 35.6 Å². The van der Waals surface area contributed by atoms with Crippen molar-refractivity contribution in [2.45, 2.75) is 43.9 Å². The molecular weight excluding hydrogens is 475 g/mol. The van der Waals surface area contributed by atoms with Gasteiger partial charge in [0.25, 0.3) is 0 Å². The van der Waals surface area contributed by atoms with E-state index in [0.717, 1.165) is 38.3 Å². The Bertz CT molecular complexity index is 660. The van der Waals surface area contributed by atoms with Gasteiger partial charge in [0.1, 0.15) is 0 Å². The van der Waals surface area contributed by atoms with Crippen molar-refractivity contribution < 1.29 is 8.42 Å². The van der Waals surface area contributed by atoms with Crippen LogP contribution in [0.3, 0.4) is 0 Å². The number of guanidine groups is 1. The van der Waals surface area contributed by atoms with Gasteiger partial charge in [0, 0.05) is 33.2 Å². The maximum atomic E-state index is 12.7. The molecule has 0 bridgehead atoms. The summed E-state index contributed by atoms with van der Waals surface area (Å²) in [7, 11) is -1.58. The highest BCUT2D eigenvalue weighted by Gasteiger charge is 2.29. The van der Waals surface area contributed by atoms with Crippen molar-refractivity contribution in [3.8, 4) is 0 Å². The van der Waals surface area contributed by atoms with E-state index in [0.29, 0.717) is 23.9 Å². The van der Waals surface area contributed by atoms with Gasteiger partial charge in [-0.3, -0.25) is 4.99 Å². The first-order valence-electron chi connectivity index (χ1n) is 9.57. The highest BCUT2D eigenvalue weighted by atomic mass is 127. The summed E-state index contributed by atoms with van der Waals surface area (Å²) in [5.74, 6) is 1.30. The smallest absolute Gasteiger partial charge is 0.243 e. The van der Waals surface area contributed by atoms with Crippen LogP contribution >= 0.6 is 24.0 Å². The van der Waals surface area contributed by atoms with Gasteiger partial charge in [0.15, 0.2) is 5.96 Å². The SMILES string of the molecule is CCCCCNC(=NC)NCC1CCN(S(=O)(=O)c2ccccc2)CC1.I. The number of rotatable bonds is 8. The zero-order valence-corrected chi connectivity index (χ0v) is 19.5. The minimum absolute atomic E-state index is 0. The Hall–Kier alpha value is -0.870. The summed E-state index contributed by atoms with van der Waals surface area (Å²) in [5.41, 5.74) is 0. The van der Waals surface area contributed by atoms with Crippen molar-refractivity contribution in [3.05, 3.63) is 30.3 Å². The Balaban J connectivity index is 0.00000364. The second-order valence-electron chi connectivity index (χ2n) is 6.75. The van der Waals surface area contributed by atoms with E-state index < -0.39 is 10.0 Å². The van der Waals surface area contributed by atoms with E-state index in [-0.39, 0.29) is 24.0 Å². The second-order valence-corrected chi connectivity index (χ2v) is 8.69. The normalized spacial score (nSPS) is 16.6. The summed E-state index contributed by atoms with van der Waals surface area (Å²) in [6.45, 7) is 5.10. The molecule has 2 rings (SSSR count). The van der Waals surface area contributed by atoms with Crippen molar-refractivity contribution >= 4 is 40.0 Å². The van der Waals surface area contributed by atoms with E-state index in [1.165, 1.54) is 12.8 Å². The van der Waals surface area contributed by atoms with Crippen LogP contribution in [0, 0.1) is 5.92 Å². The maximum absolute atomic E-state index is 12.7. The Morgan fingerprint density at radius 2 is 1.81 bits per heavy atom. The van der Waals surface area contributed by atoms with Crippen LogP contribution in [0.15, 0.2) is 40.2 Å². The quantitative estimate of drug-likeness (QED) is 0.245. The number of halogens is 1. The van der Waals surface area contributed by atoms with Crippen LogP contribution in [0.1, 0.15) is 39.0 Å². The molecule has 154 valence electrons. The van der Waals surface area contributed by atoms with Gasteiger partial charge in [-0.05, 0) is 37.3 Å². The zero-order valence-electron chi connectivity index (χ0n) is 16.4. The lowest BCUT2D eigenvalue weighted by atomic mass is 9.98. The largest absolute Gasteiger partial charge is 0.356 e. The third-order valence-corrected chi connectivity index (χ3v) is 6.72. The Kier molecular flexibility index (Phi) is 11.2. The predicted octanol–water partition coefficient (Wildman–Crippen LogP) is 3.06. The first-order valence-corrected chi connectivity index (χ1v) is 11.0. The first-order chi connectivity index (χ1) is 12.6. The fraction of sp³-hybridized carbons (Fsp3) is 0.632. The molecule has 0 spiro atoms. The molecule has 0 amide bonds. The monoisotopic (exact) mass is 508 g/mol. The number of hydrogen-bond acceptors (Lipinski definition) is 3. The molecule has 0 aromatic heterocycles. The van der Waals surface area contributed by atoms with Crippen molar-refractivity contribution in [2.24, 2.45) is 10.9 Å². The molecule has 0 radical (unpaired) electrons. The summed E-state index contributed by atoms with van der Waals surface area (Å²) in [6, 6.07) is 8.69. The second kappa shape index (κ2) is 12.6. The van der Waals surface area contributed by atoms with E-state index >= 15 is 0 Å². The molecule has 0 aliphatic carbocycles. The van der Waals surface area contributed by atoms with E-state index in [1.807, 2.05) is 6.07 Å². The van der Waals surface area contributed by atoms with Gasteiger partial charge in [-0.2, -0.15) is 4.31 Å². The molecule has 6 nitrogen and oxygen atoms in total. The lowest BCUT2D eigenvalue weighted by Gasteiger charge is -2.31. The molecule has 27 heavy (non-hydrogen) atoms. The van der Waals surface area contributed by atoms with Gasteiger partial charge in [0.2, 0.25) is 10.0 Å². The minimum Gasteiger partial charge on any atom is -0.356 e. The standard InChI is InChI=1S/C19H32N4O2S.HI/c1-3-4-8-13-21-19(20-2)22-16-17-11-14-23(15-12-17)26(24,25)18-9-6-5-7-10-18;/h5-7,9-10,17H,3-4,8,11-16H2,1-2H3,(H2,20,21,22);1H. The zero-order chi connectivity index (χ0) is 18.8. The molecule has 0 saturated carbocycles. The van der Waals surface area contributed by atoms with E-state index in [4.69, 9.17) is 0 Å². The van der Waals surface area contributed by atoms with Crippen molar-refractivity contribution in [1.29, 1.82) is 0 Å². The fourth-order valence-corrected chi connectivity index (χ4v) is 4.63. The molecule has 0 atom stereocenters. The Morgan fingerprint density at radius 3 is 2.41 bits per heavy atom. The number of unbranched alkanes of at least 4 members (excludes halogenated alkanes) is 2. The molecule has 1 heterocycles. The Labute approximate surface area is 181 Å². The van der Waals surface area contributed by atoms with Gasteiger partial charge in [0.05, 0.1) is 4.90 Å². The van der Waals surface area contributed by atoms with Gasteiger partial charge < -0.3 is 10.6 Å². The van der Waals surface area contributed by atoms with Crippen molar-refractivity contribution in [1.82, 2.24) is 14.9 Å². The van der Waals surface area contributed by atoms with Crippen LogP contribution in [-0.2, 0) is 10.0 Å². The van der Waals surface area contributed by atoms with Gasteiger partial charge >= 0.3 is 0 Å². The summed E-state index contributed by atoms with van der Waals surface area (Å²) in [5, 5.41) is 6.70. The molecule has 0 unspecified atom stereocenters. The third kappa shape index (κ3) is 7.57. The fourth-order valence-electron chi connectivity index (χ4n) is 3.14. The van der Waals surface area contributed by atoms with Crippen LogP contribution in [0.4, 0.5) is 0 Å². The molecule has 8 heteroatoms. The van der Waals surface area contributed by atoms with Gasteiger partial charge in [-0.1, -0.05) is 38.0 Å². The number of piperidine rings is 1. The average molecular weight is 508 g/mol. The number of aliphatic imine (C=N–C) groups is 1. The van der Waals surface area contributed by atoms with Crippen LogP contribution in [-0.4, -0.2) is 51.9 Å². The maximum Gasteiger partial charge on any atom is 0.243 e. The van der Waals surface area contributed by atoms with Gasteiger partial charge in [-0.25, -0.2) is 8.42 Å². The summed E-state index contributed by atoms with van der Waals surface area (Å²) < 4.78 is 26.9. The van der Waals surface area contributed by atoms with Gasteiger partial charge in [-0.15, -0.1) is 24.0 Å². The van der Waals surface area contributed by atoms with E-state index in [2.05, 4.69) is 22.5 Å². The molecule has 1 aliphatic heterocycles. The van der Waals surface area contributed by atoms with E-state index in [9.17, 15) is 8.42 Å². The summed E-state index contributed by atoms with van der Waals surface area (Å²) >= 11 is 0. The molecule has 1 aromatic carbocycles. The van der Waals surface area contributed by atoms with Crippen LogP contribution in [0.5, 0.6) is 0 Å². The number of nitrogens with zero attached hydrogens (tertiary/aromatic N) is 2.